The van der Waals surface area contributed by atoms with Crippen LogP contribution in [0, 0.1) is 5.92 Å². The van der Waals surface area contributed by atoms with Gasteiger partial charge in [0, 0.05) is 28.8 Å². The number of methoxy groups -OCH3 is 3. The normalized spacial score (nSPS) is 20.4. The van der Waals surface area contributed by atoms with Crippen molar-refractivity contribution >= 4 is 17.7 Å². The smallest absolute Gasteiger partial charge is 0.336 e. The van der Waals surface area contributed by atoms with Crippen LogP contribution in [0.4, 0.5) is 0 Å². The molecule has 2 aromatic rings. The molecule has 9 nitrogen and oxygen atoms in total. The molecule has 0 unspecified atom stereocenters. The zero-order valence-electron chi connectivity index (χ0n) is 23.7. The lowest BCUT2D eigenvalue weighted by molar-refractivity contribution is -0.152. The van der Waals surface area contributed by atoms with Gasteiger partial charge in [0.05, 0.1) is 40.1 Å². The molecule has 212 valence electrons. The summed E-state index contributed by atoms with van der Waals surface area (Å²) in [5.74, 6) is -2.56. The Bertz CT molecular complexity index is 1380. The van der Waals surface area contributed by atoms with E-state index in [9.17, 15) is 14.4 Å². The molecule has 2 aliphatic rings. The van der Waals surface area contributed by atoms with Gasteiger partial charge in [-0.05, 0) is 56.5 Å². The van der Waals surface area contributed by atoms with E-state index < -0.39 is 35.5 Å². The molecule has 4 rings (SSSR count). The molecule has 0 saturated carbocycles. The molecule has 9 heteroatoms. The fraction of sp³-hybridized carbons (Fsp3) is 0.387. The van der Waals surface area contributed by atoms with Gasteiger partial charge >= 0.3 is 11.9 Å². The van der Waals surface area contributed by atoms with Crippen LogP contribution in [0.5, 0.6) is 17.2 Å². The lowest BCUT2D eigenvalue weighted by Crippen LogP contribution is -2.43. The molecule has 1 aliphatic heterocycles. The second-order valence-electron chi connectivity index (χ2n) is 9.47. The first-order chi connectivity index (χ1) is 19.3. The van der Waals surface area contributed by atoms with Crippen LogP contribution in [0.15, 0.2) is 65.0 Å². The van der Waals surface area contributed by atoms with E-state index >= 15 is 0 Å². The number of ketones is 1. The van der Waals surface area contributed by atoms with Crippen LogP contribution in [0.25, 0.3) is 0 Å². The molecular weight excluding hydrogens is 514 g/mol. The molecule has 0 spiro atoms. The van der Waals surface area contributed by atoms with Crippen LogP contribution in [0.2, 0.25) is 0 Å². The molecule has 3 atom stereocenters. The lowest BCUT2D eigenvalue weighted by atomic mass is 9.67. The van der Waals surface area contributed by atoms with Crippen molar-refractivity contribution in [2.24, 2.45) is 5.92 Å². The van der Waals surface area contributed by atoms with Crippen molar-refractivity contribution in [2.45, 2.75) is 39.0 Å². The van der Waals surface area contributed by atoms with Crippen molar-refractivity contribution in [1.29, 1.82) is 0 Å². The minimum absolute atomic E-state index is 0.123. The minimum atomic E-state index is -1.14. The first-order valence-corrected chi connectivity index (χ1v) is 13.2. The van der Waals surface area contributed by atoms with Gasteiger partial charge in [0.15, 0.2) is 17.3 Å². The molecule has 2 aromatic carbocycles. The number of hydrogen-bond donors (Lipinski definition) is 1. The van der Waals surface area contributed by atoms with Gasteiger partial charge in [-0.3, -0.25) is 9.59 Å². The number of carbonyl (C=O) groups is 3. The number of rotatable bonds is 9. The zero-order chi connectivity index (χ0) is 29.0. The van der Waals surface area contributed by atoms with E-state index in [1.807, 2.05) is 18.2 Å². The number of benzene rings is 2. The quantitative estimate of drug-likeness (QED) is 0.359. The van der Waals surface area contributed by atoms with E-state index in [4.69, 9.17) is 23.7 Å². The van der Waals surface area contributed by atoms with E-state index in [0.29, 0.717) is 51.8 Å². The van der Waals surface area contributed by atoms with Gasteiger partial charge in [0.25, 0.3) is 0 Å². The maximum Gasteiger partial charge on any atom is 0.336 e. The summed E-state index contributed by atoms with van der Waals surface area (Å²) in [7, 11) is 4.60. The van der Waals surface area contributed by atoms with Crippen LogP contribution in [0.3, 0.4) is 0 Å². The molecule has 0 amide bonds. The van der Waals surface area contributed by atoms with Crippen molar-refractivity contribution in [3.63, 3.8) is 0 Å². The Labute approximate surface area is 234 Å². The Hall–Kier alpha value is -4.27. The molecule has 1 heterocycles. The van der Waals surface area contributed by atoms with Gasteiger partial charge < -0.3 is 29.0 Å². The first kappa shape index (κ1) is 28.7. The maximum absolute atomic E-state index is 14.5. The highest BCUT2D eigenvalue weighted by Crippen LogP contribution is 2.50. The molecule has 40 heavy (non-hydrogen) atoms. The molecule has 0 saturated heterocycles. The maximum atomic E-state index is 14.5. The molecule has 0 aromatic heterocycles. The van der Waals surface area contributed by atoms with E-state index in [-0.39, 0.29) is 13.2 Å². The zero-order valence-corrected chi connectivity index (χ0v) is 23.7. The summed E-state index contributed by atoms with van der Waals surface area (Å²) in [6.07, 6.45) is 0.322. The van der Waals surface area contributed by atoms with E-state index in [1.165, 1.54) is 14.2 Å². The number of dihydropyridines is 1. The second-order valence-corrected chi connectivity index (χ2v) is 9.47. The number of esters is 2. The minimum Gasteiger partial charge on any atom is -0.496 e. The average Bonchev–Trinajstić information content (AvgIpc) is 2.95. The molecular formula is C31H35NO8. The molecule has 0 fully saturated rings. The van der Waals surface area contributed by atoms with Crippen LogP contribution >= 0.6 is 0 Å². The van der Waals surface area contributed by atoms with Gasteiger partial charge in [0.2, 0.25) is 0 Å². The third kappa shape index (κ3) is 5.15. The van der Waals surface area contributed by atoms with Gasteiger partial charge in [-0.1, -0.05) is 24.3 Å². The summed E-state index contributed by atoms with van der Waals surface area (Å²) in [5.41, 5.74) is 3.17. The third-order valence-electron chi connectivity index (χ3n) is 7.33. The van der Waals surface area contributed by atoms with Crippen molar-refractivity contribution < 1.29 is 38.1 Å². The van der Waals surface area contributed by atoms with Gasteiger partial charge in [-0.2, -0.15) is 0 Å². The van der Waals surface area contributed by atoms with Crippen LogP contribution in [0.1, 0.15) is 50.2 Å². The highest BCUT2D eigenvalue weighted by Gasteiger charge is 2.49. The first-order valence-electron chi connectivity index (χ1n) is 13.2. The van der Waals surface area contributed by atoms with Crippen molar-refractivity contribution in [2.75, 3.05) is 34.5 Å². The Balaban J connectivity index is 1.95. The largest absolute Gasteiger partial charge is 0.496 e. The standard InChI is InChI=1S/C31H35NO8/c1-7-39-30(34)25-17(3)32-21-16-20(19-11-9-10-12-22(19)36-4)27(31(35)40-8-2)29(33)28(21)26(25)18-13-14-23(37-5)24(15-18)38-6/h9-15,20,26-27,32H,7-8,16H2,1-6H3/t20-,26+,27+/m0/s1. The Kier molecular flexibility index (Phi) is 8.82. The number of para-hydroxylation sites is 1. The Morgan fingerprint density at radius 3 is 2.23 bits per heavy atom. The molecule has 0 radical (unpaired) electrons. The highest BCUT2D eigenvalue weighted by atomic mass is 16.5. The van der Waals surface area contributed by atoms with Gasteiger partial charge in [-0.15, -0.1) is 0 Å². The van der Waals surface area contributed by atoms with Crippen molar-refractivity contribution in [3.8, 4) is 17.2 Å². The Morgan fingerprint density at radius 1 is 0.900 bits per heavy atom. The fourth-order valence-electron chi connectivity index (χ4n) is 5.65. The number of nitrogens with one attached hydrogen (secondary N) is 1. The van der Waals surface area contributed by atoms with E-state index in [1.54, 1.807) is 52.1 Å². The average molecular weight is 550 g/mol. The van der Waals surface area contributed by atoms with E-state index in [2.05, 4.69) is 5.32 Å². The summed E-state index contributed by atoms with van der Waals surface area (Å²) >= 11 is 0. The number of hydrogen-bond acceptors (Lipinski definition) is 9. The third-order valence-corrected chi connectivity index (χ3v) is 7.33. The summed E-state index contributed by atoms with van der Waals surface area (Å²) in [5, 5.41) is 3.31. The second kappa shape index (κ2) is 12.3. The number of carbonyl (C=O) groups excluding carboxylic acids is 3. The summed E-state index contributed by atoms with van der Waals surface area (Å²) < 4.78 is 27.4. The number of ether oxygens (including phenoxy) is 5. The SMILES string of the molecule is CCOC(=O)C1=C(C)NC2=C(C(=O)[C@H](C(=O)OCC)[C@H](c3ccccc3OC)C2)[C@@H]1c1ccc(OC)c(OC)c1. The van der Waals surface area contributed by atoms with Crippen molar-refractivity contribution in [3.05, 3.63) is 76.1 Å². The number of Topliss-reactive ketones (excluding diaryl/α,β-unsaturated/α-hetero) is 1. The molecule has 1 N–H and O–H groups in total. The summed E-state index contributed by atoms with van der Waals surface area (Å²) in [6.45, 7) is 5.49. The van der Waals surface area contributed by atoms with Crippen molar-refractivity contribution in [1.82, 2.24) is 5.32 Å². The van der Waals surface area contributed by atoms with Crippen LogP contribution in [-0.4, -0.2) is 52.3 Å². The lowest BCUT2D eigenvalue weighted by Gasteiger charge is -2.39. The predicted molar refractivity (Wildman–Crippen MR) is 147 cm³/mol. The number of allylic oxidation sites excluding steroid dienone is 3. The monoisotopic (exact) mass is 549 g/mol. The highest BCUT2D eigenvalue weighted by molar-refractivity contribution is 6.13. The van der Waals surface area contributed by atoms with Crippen LogP contribution in [-0.2, 0) is 23.9 Å². The van der Waals surface area contributed by atoms with Gasteiger partial charge in [0.1, 0.15) is 11.7 Å². The van der Waals surface area contributed by atoms with Crippen LogP contribution < -0.4 is 19.5 Å². The summed E-state index contributed by atoms with van der Waals surface area (Å²) in [4.78, 5) is 41.2. The predicted octanol–water partition coefficient (Wildman–Crippen LogP) is 4.43. The summed E-state index contributed by atoms with van der Waals surface area (Å²) in [6, 6.07) is 12.6. The molecule has 0 bridgehead atoms. The fourth-order valence-corrected chi connectivity index (χ4v) is 5.65. The molecule has 1 aliphatic carbocycles. The Morgan fingerprint density at radius 2 is 1.57 bits per heavy atom. The van der Waals surface area contributed by atoms with Gasteiger partial charge in [-0.25, -0.2) is 4.79 Å². The topological polar surface area (TPSA) is 109 Å². The van der Waals surface area contributed by atoms with E-state index in [0.717, 1.165) is 5.56 Å².